The quantitative estimate of drug-likeness (QED) is 0.276. The molecule has 0 aliphatic heterocycles. The van der Waals surface area contributed by atoms with Gasteiger partial charge in [-0.2, -0.15) is 5.10 Å². The van der Waals surface area contributed by atoms with Crippen molar-refractivity contribution < 1.29 is 19.9 Å². The summed E-state index contributed by atoms with van der Waals surface area (Å²) < 4.78 is 0. The number of carbonyl (C=O) groups excluding carboxylic acids is 1. The van der Waals surface area contributed by atoms with Gasteiger partial charge in [-0.05, 0) is 12.1 Å². The third-order valence-corrected chi connectivity index (χ3v) is 3.97. The van der Waals surface area contributed by atoms with E-state index >= 15 is 0 Å². The molecule has 3 aromatic rings. The minimum atomic E-state index is -0.821. The first kappa shape index (κ1) is 19.5. The Morgan fingerprint density at radius 3 is 2.79 bits per heavy atom. The molecule has 0 aliphatic carbocycles. The lowest BCUT2D eigenvalue weighted by Gasteiger charge is -2.03. The second-order valence-corrected chi connectivity index (χ2v) is 5.98. The van der Waals surface area contributed by atoms with E-state index in [-0.39, 0.29) is 29.7 Å². The summed E-state index contributed by atoms with van der Waals surface area (Å²) in [5, 5.41) is 33.5. The molecule has 148 valence electrons. The van der Waals surface area contributed by atoms with Gasteiger partial charge in [-0.25, -0.2) is 10.4 Å². The minimum Gasteiger partial charge on any atom is -0.507 e. The molecule has 1 aromatic heterocycles. The Morgan fingerprint density at radius 2 is 2.03 bits per heavy atom. The number of phenolic OH excluding ortho intramolecular Hbond substituents is 2. The molecule has 4 N–H and O–H groups in total. The van der Waals surface area contributed by atoms with Crippen molar-refractivity contribution in [2.75, 3.05) is 0 Å². The molecule has 2 aromatic carbocycles. The predicted molar refractivity (Wildman–Crippen MR) is 103 cm³/mol. The molecule has 11 nitrogen and oxygen atoms in total. The summed E-state index contributed by atoms with van der Waals surface area (Å²) >= 11 is 0. The van der Waals surface area contributed by atoms with Crippen LogP contribution in [0.15, 0.2) is 46.3 Å². The number of amides is 1. The molecule has 11 heteroatoms. The number of para-hydroxylation sites is 2. The van der Waals surface area contributed by atoms with E-state index in [2.05, 4.69) is 20.5 Å². The number of nitrogens with one attached hydrogen (secondary N) is 2. The molecule has 0 radical (unpaired) electrons. The van der Waals surface area contributed by atoms with Gasteiger partial charge in [-0.15, -0.1) is 0 Å². The van der Waals surface area contributed by atoms with Crippen LogP contribution in [0.3, 0.4) is 0 Å². The molecule has 0 fully saturated rings. The molecular weight excluding hydrogens is 382 g/mol. The van der Waals surface area contributed by atoms with Crippen LogP contribution in [0.2, 0.25) is 0 Å². The van der Waals surface area contributed by atoms with E-state index in [1.54, 1.807) is 24.3 Å². The molecule has 1 amide bonds. The summed E-state index contributed by atoms with van der Waals surface area (Å²) in [4.78, 5) is 40.9. The number of carbonyl (C=O) groups is 1. The van der Waals surface area contributed by atoms with Gasteiger partial charge in [0, 0.05) is 30.5 Å². The van der Waals surface area contributed by atoms with Crippen molar-refractivity contribution >= 4 is 28.8 Å². The van der Waals surface area contributed by atoms with Crippen molar-refractivity contribution in [3.8, 4) is 11.5 Å². The molecule has 0 saturated carbocycles. The van der Waals surface area contributed by atoms with Gasteiger partial charge < -0.3 is 15.2 Å². The second kappa shape index (κ2) is 8.17. The first-order chi connectivity index (χ1) is 13.8. The lowest BCUT2D eigenvalue weighted by Crippen LogP contribution is -2.21. The smallest absolute Gasteiger partial charge is 0.311 e. The fourth-order valence-electron chi connectivity index (χ4n) is 2.53. The monoisotopic (exact) mass is 397 g/mol. The first-order valence-corrected chi connectivity index (χ1v) is 8.35. The lowest BCUT2D eigenvalue weighted by atomic mass is 10.2. The average molecular weight is 397 g/mol. The number of hydrogen-bond donors (Lipinski definition) is 4. The third-order valence-electron chi connectivity index (χ3n) is 3.97. The highest BCUT2D eigenvalue weighted by Crippen LogP contribution is 2.31. The van der Waals surface area contributed by atoms with E-state index in [1.807, 2.05) is 0 Å². The zero-order chi connectivity index (χ0) is 21.0. The number of fused-ring (bicyclic) bond motifs is 1. The van der Waals surface area contributed by atoms with E-state index < -0.39 is 28.0 Å². The van der Waals surface area contributed by atoms with Crippen LogP contribution >= 0.6 is 0 Å². The lowest BCUT2D eigenvalue weighted by molar-refractivity contribution is -0.385. The first-order valence-electron chi connectivity index (χ1n) is 8.35. The van der Waals surface area contributed by atoms with Gasteiger partial charge in [0.25, 0.3) is 5.56 Å². The molecule has 0 saturated heterocycles. The maximum atomic E-state index is 12.0. The highest BCUT2D eigenvalue weighted by atomic mass is 16.6. The zero-order valence-corrected chi connectivity index (χ0v) is 14.8. The maximum absolute atomic E-state index is 12.0. The Morgan fingerprint density at radius 1 is 1.28 bits per heavy atom. The summed E-state index contributed by atoms with van der Waals surface area (Å²) in [6.07, 6.45) is 1.01. The number of phenols is 2. The van der Waals surface area contributed by atoms with Gasteiger partial charge in [0.15, 0.2) is 5.75 Å². The summed E-state index contributed by atoms with van der Waals surface area (Å²) in [7, 11) is 0. The average Bonchev–Trinajstić information content (AvgIpc) is 2.67. The van der Waals surface area contributed by atoms with Crippen LogP contribution in [0.5, 0.6) is 11.5 Å². The number of aromatic nitrogens is 2. The van der Waals surface area contributed by atoms with Crippen LogP contribution in [-0.2, 0) is 11.2 Å². The van der Waals surface area contributed by atoms with Crippen molar-refractivity contribution in [1.82, 2.24) is 15.4 Å². The number of aromatic amines is 1. The number of hydrogen-bond acceptors (Lipinski definition) is 8. The van der Waals surface area contributed by atoms with Crippen molar-refractivity contribution in [2.45, 2.75) is 12.8 Å². The molecule has 0 spiro atoms. The summed E-state index contributed by atoms with van der Waals surface area (Å²) in [5.74, 6) is -1.66. The summed E-state index contributed by atoms with van der Waals surface area (Å²) in [6, 6.07) is 8.73. The standard InChI is InChI=1S/C18H15N5O6/c24-15-8-16(25)14(23(28)29)7-10(15)9-19-22-17(26)6-5-13-18(27)21-12-4-2-1-3-11(12)20-13/h1-4,7-9,24-25H,5-6H2,(H,21,27)(H,22,26)/b19-9+. The van der Waals surface area contributed by atoms with Crippen LogP contribution in [0.4, 0.5) is 5.69 Å². The Kier molecular flexibility index (Phi) is 5.49. The minimum absolute atomic E-state index is 0.0672. The van der Waals surface area contributed by atoms with Crippen molar-refractivity contribution in [2.24, 2.45) is 5.10 Å². The van der Waals surface area contributed by atoms with Crippen molar-refractivity contribution in [1.29, 1.82) is 0 Å². The van der Waals surface area contributed by atoms with Gasteiger partial charge in [-0.1, -0.05) is 12.1 Å². The number of nitrogens with zero attached hydrogens (tertiary/aromatic N) is 3. The molecule has 0 bridgehead atoms. The Hall–Kier alpha value is -4.28. The van der Waals surface area contributed by atoms with Crippen LogP contribution in [0.1, 0.15) is 17.7 Å². The summed E-state index contributed by atoms with van der Waals surface area (Å²) in [5.41, 5.74) is 2.53. The Labute approximate surface area is 162 Å². The van der Waals surface area contributed by atoms with Gasteiger partial charge in [0.05, 0.1) is 22.2 Å². The number of benzene rings is 2. The molecule has 29 heavy (non-hydrogen) atoms. The molecular formula is C18H15N5O6. The van der Waals surface area contributed by atoms with E-state index in [4.69, 9.17) is 0 Å². The van der Waals surface area contributed by atoms with Crippen LogP contribution in [0, 0.1) is 10.1 Å². The number of hydrazone groups is 1. The highest BCUT2D eigenvalue weighted by Gasteiger charge is 2.16. The number of rotatable bonds is 6. The van der Waals surface area contributed by atoms with E-state index in [9.17, 15) is 29.9 Å². The molecule has 0 atom stereocenters. The van der Waals surface area contributed by atoms with Crippen molar-refractivity contribution in [3.05, 3.63) is 68.1 Å². The molecule has 1 heterocycles. The Balaban J connectivity index is 1.63. The SMILES string of the molecule is O=C(CCc1nc2ccccc2[nH]c1=O)N/N=C/c1cc([N+](=O)[O-])c(O)cc1O. The Bertz CT molecular complexity index is 1190. The maximum Gasteiger partial charge on any atom is 0.311 e. The van der Waals surface area contributed by atoms with Gasteiger partial charge in [0.1, 0.15) is 11.4 Å². The van der Waals surface area contributed by atoms with E-state index in [0.717, 1.165) is 18.3 Å². The fourth-order valence-corrected chi connectivity index (χ4v) is 2.53. The number of nitro groups is 1. The molecule has 0 unspecified atom stereocenters. The number of aromatic hydroxyl groups is 2. The van der Waals surface area contributed by atoms with Crippen LogP contribution in [0.25, 0.3) is 11.0 Å². The second-order valence-electron chi connectivity index (χ2n) is 5.98. The normalized spacial score (nSPS) is 11.0. The zero-order valence-electron chi connectivity index (χ0n) is 14.8. The fraction of sp³-hybridized carbons (Fsp3) is 0.111. The largest absolute Gasteiger partial charge is 0.507 e. The number of H-pyrrole nitrogens is 1. The number of aryl methyl sites for hydroxylation is 1. The summed E-state index contributed by atoms with van der Waals surface area (Å²) in [6.45, 7) is 0. The van der Waals surface area contributed by atoms with Crippen LogP contribution < -0.4 is 11.0 Å². The van der Waals surface area contributed by atoms with Gasteiger partial charge >= 0.3 is 5.69 Å². The molecule has 0 aliphatic rings. The predicted octanol–water partition coefficient (Wildman–Crippen LogP) is 1.33. The topological polar surface area (TPSA) is 171 Å². The van der Waals surface area contributed by atoms with Gasteiger partial charge in [-0.3, -0.25) is 19.7 Å². The van der Waals surface area contributed by atoms with Crippen LogP contribution in [-0.4, -0.2) is 37.2 Å². The number of nitro benzene ring substituents is 1. The van der Waals surface area contributed by atoms with Gasteiger partial charge in [0.2, 0.25) is 5.91 Å². The molecule has 3 rings (SSSR count). The van der Waals surface area contributed by atoms with Crippen molar-refractivity contribution in [3.63, 3.8) is 0 Å². The highest BCUT2D eigenvalue weighted by molar-refractivity contribution is 5.86. The van der Waals surface area contributed by atoms with E-state index in [1.165, 1.54) is 0 Å². The third kappa shape index (κ3) is 4.53. The van der Waals surface area contributed by atoms with E-state index in [0.29, 0.717) is 11.0 Å².